The molecule has 1 nitrogen and oxygen atoms in total. The zero-order chi connectivity index (χ0) is 9.56. The Morgan fingerprint density at radius 1 is 1.17 bits per heavy atom. The van der Waals surface area contributed by atoms with E-state index in [4.69, 9.17) is 0 Å². The van der Waals surface area contributed by atoms with Gasteiger partial charge in [0, 0.05) is 16.9 Å². The molecule has 0 aliphatic heterocycles. The number of hydrogen-bond acceptors (Lipinski definition) is 1. The van der Waals surface area contributed by atoms with Crippen molar-refractivity contribution in [2.24, 2.45) is 0 Å². The molecule has 0 aromatic rings. The monoisotopic (exact) mass is 235 g/mol. The van der Waals surface area contributed by atoms with Gasteiger partial charge in [-0.2, -0.15) is 0 Å². The number of alkyl halides is 1. The second kappa shape index (κ2) is 6.90. The largest absolute Gasteiger partial charge is 0.312 e. The van der Waals surface area contributed by atoms with E-state index in [-0.39, 0.29) is 0 Å². The van der Waals surface area contributed by atoms with Crippen molar-refractivity contribution in [3.05, 3.63) is 0 Å². The molecule has 0 radical (unpaired) electrons. The maximum Gasteiger partial charge on any atom is 0.0132 e. The molecule has 0 aromatic heterocycles. The quantitative estimate of drug-likeness (QED) is 0.697. The molecule has 0 saturated carbocycles. The Hall–Kier alpha value is 0.440. The van der Waals surface area contributed by atoms with Crippen molar-refractivity contribution in [3.8, 4) is 0 Å². The lowest BCUT2D eigenvalue weighted by atomic mass is 10.1. The van der Waals surface area contributed by atoms with Crippen LogP contribution in [-0.2, 0) is 0 Å². The van der Waals surface area contributed by atoms with Crippen LogP contribution in [0.2, 0.25) is 0 Å². The highest BCUT2D eigenvalue weighted by molar-refractivity contribution is 9.09. The summed E-state index contributed by atoms with van der Waals surface area (Å²) in [4.78, 5) is 0.619. The second-order valence-electron chi connectivity index (χ2n) is 3.77. The van der Waals surface area contributed by atoms with Crippen molar-refractivity contribution in [2.75, 3.05) is 0 Å². The van der Waals surface area contributed by atoms with Crippen LogP contribution >= 0.6 is 15.9 Å². The molecule has 1 N–H and O–H groups in total. The van der Waals surface area contributed by atoms with E-state index in [1.807, 2.05) is 0 Å². The van der Waals surface area contributed by atoms with Crippen LogP contribution in [0.3, 0.4) is 0 Å². The Balaban J connectivity index is 3.46. The number of rotatable bonds is 6. The SMILES string of the molecule is CCCC(C)NC(C)CC(C)Br. The minimum absolute atomic E-state index is 0.619. The van der Waals surface area contributed by atoms with E-state index in [1.165, 1.54) is 19.3 Å². The van der Waals surface area contributed by atoms with Gasteiger partial charge in [-0.15, -0.1) is 0 Å². The van der Waals surface area contributed by atoms with Gasteiger partial charge in [-0.25, -0.2) is 0 Å². The number of hydrogen-bond donors (Lipinski definition) is 1. The molecule has 0 saturated heterocycles. The van der Waals surface area contributed by atoms with Crippen molar-refractivity contribution in [3.63, 3.8) is 0 Å². The van der Waals surface area contributed by atoms with E-state index in [1.54, 1.807) is 0 Å². The molecule has 0 aliphatic carbocycles. The zero-order valence-corrected chi connectivity index (χ0v) is 10.3. The summed E-state index contributed by atoms with van der Waals surface area (Å²) in [6.07, 6.45) is 3.75. The van der Waals surface area contributed by atoms with E-state index in [0.717, 1.165) is 0 Å². The average Bonchev–Trinajstić information content (AvgIpc) is 1.84. The van der Waals surface area contributed by atoms with Gasteiger partial charge < -0.3 is 5.32 Å². The lowest BCUT2D eigenvalue weighted by Gasteiger charge is -2.20. The van der Waals surface area contributed by atoms with Gasteiger partial charge in [-0.05, 0) is 26.7 Å². The molecule has 74 valence electrons. The summed E-state index contributed by atoms with van der Waals surface area (Å²) in [5.74, 6) is 0. The smallest absolute Gasteiger partial charge is 0.0132 e. The first kappa shape index (κ1) is 12.4. The molecule has 0 aliphatic rings. The average molecular weight is 236 g/mol. The molecular formula is C10H22BrN. The third kappa shape index (κ3) is 7.11. The van der Waals surface area contributed by atoms with Crippen LogP contribution in [0.5, 0.6) is 0 Å². The van der Waals surface area contributed by atoms with Gasteiger partial charge in [-0.3, -0.25) is 0 Å². The van der Waals surface area contributed by atoms with Crippen LogP contribution in [0.25, 0.3) is 0 Å². The molecule has 3 unspecified atom stereocenters. The molecule has 0 rings (SSSR count). The lowest BCUT2D eigenvalue weighted by Crippen LogP contribution is -2.35. The van der Waals surface area contributed by atoms with E-state index in [0.29, 0.717) is 16.9 Å². The van der Waals surface area contributed by atoms with Crippen molar-refractivity contribution < 1.29 is 0 Å². The molecule has 0 spiro atoms. The zero-order valence-electron chi connectivity index (χ0n) is 8.73. The third-order valence-corrected chi connectivity index (χ3v) is 2.34. The lowest BCUT2D eigenvalue weighted by molar-refractivity contribution is 0.427. The van der Waals surface area contributed by atoms with Crippen LogP contribution in [0.15, 0.2) is 0 Å². The van der Waals surface area contributed by atoms with Crippen molar-refractivity contribution in [1.29, 1.82) is 0 Å². The van der Waals surface area contributed by atoms with Gasteiger partial charge in [0.05, 0.1) is 0 Å². The first-order valence-corrected chi connectivity index (χ1v) is 5.88. The highest BCUT2D eigenvalue weighted by atomic mass is 79.9. The molecule has 0 aromatic carbocycles. The highest BCUT2D eigenvalue weighted by Gasteiger charge is 2.08. The highest BCUT2D eigenvalue weighted by Crippen LogP contribution is 2.08. The first-order valence-electron chi connectivity index (χ1n) is 4.96. The standard InChI is InChI=1S/C10H22BrN/c1-5-6-9(3)12-10(4)7-8(2)11/h8-10,12H,5-7H2,1-4H3. The predicted molar refractivity (Wildman–Crippen MR) is 60.0 cm³/mol. The Labute approximate surface area is 85.4 Å². The molecule has 12 heavy (non-hydrogen) atoms. The molecular weight excluding hydrogens is 214 g/mol. The van der Waals surface area contributed by atoms with E-state index < -0.39 is 0 Å². The summed E-state index contributed by atoms with van der Waals surface area (Å²) in [5.41, 5.74) is 0. The molecule has 0 fully saturated rings. The van der Waals surface area contributed by atoms with Crippen molar-refractivity contribution in [2.45, 2.75) is 63.9 Å². The summed E-state index contributed by atoms with van der Waals surface area (Å²) in [5, 5.41) is 3.58. The summed E-state index contributed by atoms with van der Waals surface area (Å²) in [6.45, 7) is 8.95. The Kier molecular flexibility index (Phi) is 7.16. The second-order valence-corrected chi connectivity index (χ2v) is 5.34. The van der Waals surface area contributed by atoms with Crippen LogP contribution in [0, 0.1) is 0 Å². The molecule has 0 amide bonds. The summed E-state index contributed by atoms with van der Waals surface area (Å²) in [6, 6.07) is 1.29. The van der Waals surface area contributed by atoms with Gasteiger partial charge in [0.2, 0.25) is 0 Å². The number of nitrogens with one attached hydrogen (secondary N) is 1. The molecule has 2 heteroatoms. The summed E-state index contributed by atoms with van der Waals surface area (Å²) < 4.78 is 0. The van der Waals surface area contributed by atoms with E-state index in [9.17, 15) is 0 Å². The summed E-state index contributed by atoms with van der Waals surface area (Å²) >= 11 is 3.56. The van der Waals surface area contributed by atoms with Crippen molar-refractivity contribution in [1.82, 2.24) is 5.32 Å². The van der Waals surface area contributed by atoms with Crippen LogP contribution in [0.1, 0.15) is 47.0 Å². The van der Waals surface area contributed by atoms with Crippen LogP contribution in [-0.4, -0.2) is 16.9 Å². The maximum absolute atomic E-state index is 3.58. The maximum atomic E-state index is 3.58. The first-order chi connectivity index (χ1) is 5.56. The third-order valence-electron chi connectivity index (χ3n) is 1.97. The van der Waals surface area contributed by atoms with Crippen molar-refractivity contribution >= 4 is 15.9 Å². The molecule has 0 bridgehead atoms. The van der Waals surface area contributed by atoms with Crippen LogP contribution in [0.4, 0.5) is 0 Å². The Morgan fingerprint density at radius 3 is 2.17 bits per heavy atom. The topological polar surface area (TPSA) is 12.0 Å². The molecule has 3 atom stereocenters. The van der Waals surface area contributed by atoms with Gasteiger partial charge >= 0.3 is 0 Å². The predicted octanol–water partition coefficient (Wildman–Crippen LogP) is 3.33. The minimum Gasteiger partial charge on any atom is -0.312 e. The van der Waals surface area contributed by atoms with Crippen LogP contribution < -0.4 is 5.32 Å². The Bertz CT molecular complexity index is 104. The molecule has 0 heterocycles. The van der Waals surface area contributed by atoms with Gasteiger partial charge in [0.15, 0.2) is 0 Å². The van der Waals surface area contributed by atoms with Gasteiger partial charge in [-0.1, -0.05) is 36.2 Å². The van der Waals surface area contributed by atoms with E-state index in [2.05, 4.69) is 48.9 Å². The van der Waals surface area contributed by atoms with Gasteiger partial charge in [0.1, 0.15) is 0 Å². The fraction of sp³-hybridized carbons (Fsp3) is 1.00. The normalized spacial score (nSPS) is 18.8. The van der Waals surface area contributed by atoms with E-state index >= 15 is 0 Å². The minimum atomic E-state index is 0.619. The fourth-order valence-electron chi connectivity index (χ4n) is 1.56. The van der Waals surface area contributed by atoms with Gasteiger partial charge in [0.25, 0.3) is 0 Å². The fourth-order valence-corrected chi connectivity index (χ4v) is 2.12. The summed E-state index contributed by atoms with van der Waals surface area (Å²) in [7, 11) is 0. The number of halogens is 1. The Morgan fingerprint density at radius 2 is 1.75 bits per heavy atom.